The molecule has 3 rings (SSSR count). The lowest BCUT2D eigenvalue weighted by Crippen LogP contribution is -2.38. The van der Waals surface area contributed by atoms with Crippen LogP contribution in [0.2, 0.25) is 0 Å². The van der Waals surface area contributed by atoms with E-state index in [0.717, 1.165) is 0 Å². The number of hydrogen-bond donors (Lipinski definition) is 0. The number of aliphatic imine (C=N–C) groups is 1. The van der Waals surface area contributed by atoms with Gasteiger partial charge in [-0.15, -0.1) is 0 Å². The van der Waals surface area contributed by atoms with E-state index in [4.69, 9.17) is 0 Å². The Kier molecular flexibility index (Phi) is 5.79. The summed E-state index contributed by atoms with van der Waals surface area (Å²) in [5.41, 5.74) is 0.251. The molecule has 26 heavy (non-hydrogen) atoms. The number of hydrogen-bond acceptors (Lipinski definition) is 4. The standard InChI is InChI=1S/C17H20BrFN2O3S2/c1-3-10(4-2)16(22)20-17-21(13-6-5-11(18)7-12(13)19)14-8-26(23,24)9-15(14)25-17/h5-7,10,14-15H,3-4,8-9H2,1-2H3. The van der Waals surface area contributed by atoms with Crippen LogP contribution < -0.4 is 4.90 Å². The Morgan fingerprint density at radius 1 is 1.38 bits per heavy atom. The number of rotatable bonds is 4. The van der Waals surface area contributed by atoms with Gasteiger partial charge < -0.3 is 4.90 Å². The molecule has 0 spiro atoms. The molecule has 0 saturated carbocycles. The lowest BCUT2D eigenvalue weighted by atomic mass is 10.0. The van der Waals surface area contributed by atoms with Gasteiger partial charge in [-0.1, -0.05) is 41.5 Å². The van der Waals surface area contributed by atoms with Gasteiger partial charge in [0.2, 0.25) is 0 Å². The van der Waals surface area contributed by atoms with Gasteiger partial charge in [0.25, 0.3) is 5.91 Å². The van der Waals surface area contributed by atoms with Gasteiger partial charge in [-0.3, -0.25) is 4.79 Å². The van der Waals surface area contributed by atoms with Gasteiger partial charge in [0.1, 0.15) is 5.82 Å². The van der Waals surface area contributed by atoms with Gasteiger partial charge in [-0.05, 0) is 31.0 Å². The molecule has 0 radical (unpaired) electrons. The van der Waals surface area contributed by atoms with Gasteiger partial charge in [0.05, 0.1) is 23.2 Å². The minimum atomic E-state index is -3.18. The first-order valence-corrected chi connectivity index (χ1v) is 12.0. The maximum Gasteiger partial charge on any atom is 0.251 e. The van der Waals surface area contributed by atoms with Crippen molar-refractivity contribution in [1.82, 2.24) is 0 Å². The van der Waals surface area contributed by atoms with E-state index in [-0.39, 0.29) is 34.3 Å². The summed E-state index contributed by atoms with van der Waals surface area (Å²) in [6.45, 7) is 3.86. The van der Waals surface area contributed by atoms with Gasteiger partial charge in [-0.2, -0.15) is 4.99 Å². The number of nitrogens with zero attached hydrogens (tertiary/aromatic N) is 2. The Hall–Kier alpha value is -0.930. The molecule has 0 aliphatic carbocycles. The predicted octanol–water partition coefficient (Wildman–Crippen LogP) is 3.63. The Morgan fingerprint density at radius 3 is 2.69 bits per heavy atom. The van der Waals surface area contributed by atoms with Crippen LogP contribution in [0.4, 0.5) is 10.1 Å². The van der Waals surface area contributed by atoms with Crippen molar-refractivity contribution >= 4 is 54.3 Å². The van der Waals surface area contributed by atoms with E-state index >= 15 is 0 Å². The summed E-state index contributed by atoms with van der Waals surface area (Å²) >= 11 is 4.49. The largest absolute Gasteiger partial charge is 0.313 e. The lowest BCUT2D eigenvalue weighted by Gasteiger charge is -2.25. The van der Waals surface area contributed by atoms with Crippen LogP contribution >= 0.6 is 27.7 Å². The van der Waals surface area contributed by atoms with E-state index in [9.17, 15) is 17.6 Å². The van der Waals surface area contributed by atoms with E-state index in [1.165, 1.54) is 17.8 Å². The number of sulfone groups is 1. The molecule has 1 aromatic carbocycles. The SMILES string of the molecule is CCC(CC)C(=O)N=C1SC2CS(=O)(=O)CC2N1c1ccc(Br)cc1F. The quantitative estimate of drug-likeness (QED) is 0.683. The number of fused-ring (bicyclic) bond motifs is 1. The summed E-state index contributed by atoms with van der Waals surface area (Å²) in [4.78, 5) is 18.3. The first-order valence-electron chi connectivity index (χ1n) is 8.49. The lowest BCUT2D eigenvalue weighted by molar-refractivity contribution is -0.121. The number of thioether (sulfide) groups is 1. The number of benzene rings is 1. The van der Waals surface area contributed by atoms with Crippen molar-refractivity contribution in [3.63, 3.8) is 0 Å². The zero-order valence-electron chi connectivity index (χ0n) is 14.5. The van der Waals surface area contributed by atoms with Crippen molar-refractivity contribution in [2.45, 2.75) is 38.0 Å². The van der Waals surface area contributed by atoms with Gasteiger partial charge >= 0.3 is 0 Å². The molecule has 0 bridgehead atoms. The third kappa shape index (κ3) is 3.84. The summed E-state index contributed by atoms with van der Waals surface area (Å²) in [5.74, 6) is -0.924. The number of anilines is 1. The Balaban J connectivity index is 2.02. The number of carbonyl (C=O) groups excluding carboxylic acids is 1. The smallest absolute Gasteiger partial charge is 0.251 e. The number of carbonyl (C=O) groups is 1. The molecule has 5 nitrogen and oxygen atoms in total. The van der Waals surface area contributed by atoms with Crippen molar-refractivity contribution in [2.75, 3.05) is 16.4 Å². The summed E-state index contributed by atoms with van der Waals surface area (Å²) in [7, 11) is -3.18. The second-order valence-corrected chi connectivity index (χ2v) is 10.8. The van der Waals surface area contributed by atoms with Crippen molar-refractivity contribution < 1.29 is 17.6 Å². The second-order valence-electron chi connectivity index (χ2n) is 6.51. The van der Waals surface area contributed by atoms with E-state index in [2.05, 4.69) is 20.9 Å². The fraction of sp³-hybridized carbons (Fsp3) is 0.529. The zero-order chi connectivity index (χ0) is 19.1. The van der Waals surface area contributed by atoms with Crippen LogP contribution in [0.25, 0.3) is 0 Å². The highest BCUT2D eigenvalue weighted by Crippen LogP contribution is 2.42. The molecule has 2 heterocycles. The third-order valence-electron chi connectivity index (χ3n) is 4.78. The number of amides is 1. The van der Waals surface area contributed by atoms with Crippen LogP contribution in [-0.2, 0) is 14.6 Å². The Morgan fingerprint density at radius 2 is 2.08 bits per heavy atom. The molecule has 142 valence electrons. The Bertz CT molecular complexity index is 856. The van der Waals surface area contributed by atoms with Crippen LogP contribution in [0, 0.1) is 11.7 Å². The van der Waals surface area contributed by atoms with Gasteiger partial charge in [-0.25, -0.2) is 12.8 Å². The Labute approximate surface area is 165 Å². The summed E-state index contributed by atoms with van der Waals surface area (Å²) in [6.07, 6.45) is 1.37. The molecule has 1 aromatic rings. The summed E-state index contributed by atoms with van der Waals surface area (Å²) in [6, 6.07) is 4.20. The molecule has 2 fully saturated rings. The molecule has 2 unspecified atom stereocenters. The predicted molar refractivity (Wildman–Crippen MR) is 107 cm³/mol. The van der Waals surface area contributed by atoms with Crippen LogP contribution in [-0.4, -0.2) is 42.3 Å². The van der Waals surface area contributed by atoms with Crippen LogP contribution in [0.5, 0.6) is 0 Å². The highest BCUT2D eigenvalue weighted by atomic mass is 79.9. The first-order chi connectivity index (χ1) is 12.3. The molecule has 9 heteroatoms. The van der Waals surface area contributed by atoms with Gasteiger partial charge in [0, 0.05) is 15.6 Å². The topological polar surface area (TPSA) is 66.8 Å². The van der Waals surface area contributed by atoms with E-state index in [1.54, 1.807) is 17.0 Å². The van der Waals surface area contributed by atoms with Crippen molar-refractivity contribution in [2.24, 2.45) is 10.9 Å². The molecule has 2 aliphatic heterocycles. The molecule has 2 atom stereocenters. The molecule has 2 aliphatic rings. The monoisotopic (exact) mass is 462 g/mol. The van der Waals surface area contributed by atoms with Gasteiger partial charge in [0.15, 0.2) is 15.0 Å². The van der Waals surface area contributed by atoms with Crippen LogP contribution in [0.1, 0.15) is 26.7 Å². The fourth-order valence-corrected chi connectivity index (χ4v) is 7.59. The molecular weight excluding hydrogens is 443 g/mol. The van der Waals surface area contributed by atoms with E-state index in [0.29, 0.717) is 22.5 Å². The molecular formula is C17H20BrFN2O3S2. The number of halogens is 2. The van der Waals surface area contributed by atoms with Crippen molar-refractivity contribution in [3.05, 3.63) is 28.5 Å². The average Bonchev–Trinajstić information content (AvgIpc) is 3.00. The van der Waals surface area contributed by atoms with Crippen LogP contribution in [0.3, 0.4) is 0 Å². The molecule has 2 saturated heterocycles. The third-order valence-corrected chi connectivity index (χ3v) is 8.48. The second kappa shape index (κ2) is 7.59. The maximum absolute atomic E-state index is 14.6. The summed E-state index contributed by atoms with van der Waals surface area (Å²) in [5, 5.41) is 0.157. The van der Waals surface area contributed by atoms with Crippen molar-refractivity contribution in [1.29, 1.82) is 0 Å². The number of amidine groups is 1. The summed E-state index contributed by atoms with van der Waals surface area (Å²) < 4.78 is 39.3. The van der Waals surface area contributed by atoms with E-state index < -0.39 is 21.7 Å². The molecule has 0 N–H and O–H groups in total. The van der Waals surface area contributed by atoms with E-state index in [1.807, 2.05) is 13.8 Å². The average molecular weight is 463 g/mol. The first kappa shape index (κ1) is 19.8. The van der Waals surface area contributed by atoms with Crippen molar-refractivity contribution in [3.8, 4) is 0 Å². The highest BCUT2D eigenvalue weighted by Gasteiger charge is 2.50. The normalized spacial score (nSPS) is 25.9. The molecule has 1 amide bonds. The fourth-order valence-electron chi connectivity index (χ4n) is 3.35. The maximum atomic E-state index is 14.6. The highest BCUT2D eigenvalue weighted by molar-refractivity contribution is 9.10. The minimum Gasteiger partial charge on any atom is -0.313 e. The van der Waals surface area contributed by atoms with Crippen LogP contribution in [0.15, 0.2) is 27.7 Å². The zero-order valence-corrected chi connectivity index (χ0v) is 17.7. The molecule has 0 aromatic heterocycles. The minimum absolute atomic E-state index is 0.0230.